The molecule has 0 bridgehead atoms. The summed E-state index contributed by atoms with van der Waals surface area (Å²) < 4.78 is 0. The molecule has 0 aliphatic heterocycles. The Kier molecular flexibility index (Phi) is 5.58. The van der Waals surface area contributed by atoms with E-state index in [0.29, 0.717) is 0 Å². The summed E-state index contributed by atoms with van der Waals surface area (Å²) in [6, 6.07) is 0. The van der Waals surface area contributed by atoms with Crippen LogP contribution in [-0.4, -0.2) is 0 Å². The first-order valence-electron chi connectivity index (χ1n) is 7.89. The minimum atomic E-state index is -0.679. The Balaban J connectivity index is 4.38. The first-order valence-corrected chi connectivity index (χ1v) is 7.89. The van der Waals surface area contributed by atoms with Gasteiger partial charge in [-0.2, -0.15) is 0 Å². The van der Waals surface area contributed by atoms with Crippen LogP contribution in [0.5, 0.6) is 0 Å². The van der Waals surface area contributed by atoms with Crippen molar-refractivity contribution in [2.24, 2.45) is 22.2 Å². The lowest BCUT2D eigenvalue weighted by Crippen LogP contribution is -2.55. The van der Waals surface area contributed by atoms with Crippen LogP contribution in [0.1, 0.15) is 0 Å². The summed E-state index contributed by atoms with van der Waals surface area (Å²) in [6.07, 6.45) is 16.8. The summed E-state index contributed by atoms with van der Waals surface area (Å²) in [4.78, 5) is 0. The minimum absolute atomic E-state index is 0.109. The highest BCUT2D eigenvalue weighted by Crippen LogP contribution is 2.68. The molecule has 1 aliphatic carbocycles. The molecule has 0 saturated heterocycles. The van der Waals surface area contributed by atoms with E-state index in [2.05, 4.69) is 59.2 Å². The molecule has 0 saturated carbocycles. The van der Waals surface area contributed by atoms with Gasteiger partial charge in [0.2, 0.25) is 0 Å². The van der Waals surface area contributed by atoms with Crippen molar-refractivity contribution in [1.82, 2.24) is 0 Å². The van der Waals surface area contributed by atoms with E-state index < -0.39 is 16.2 Å². The van der Waals surface area contributed by atoms with Gasteiger partial charge >= 0.3 is 0 Å². The minimum Gasteiger partial charge on any atom is -0.102 e. The van der Waals surface area contributed by atoms with Crippen molar-refractivity contribution in [2.75, 3.05) is 0 Å². The molecule has 0 amide bonds. The van der Waals surface area contributed by atoms with Crippen molar-refractivity contribution in [2.45, 2.75) is 0 Å². The first kappa shape index (κ1) is 19.4. The van der Waals surface area contributed by atoms with Crippen molar-refractivity contribution >= 4 is 0 Å². The molecule has 0 heteroatoms. The summed E-state index contributed by atoms with van der Waals surface area (Å²) in [5, 5.41) is 0. The van der Waals surface area contributed by atoms with E-state index in [0.717, 1.165) is 11.1 Å². The normalized spacial score (nSPS) is 23.2. The van der Waals surface area contributed by atoms with Crippen LogP contribution in [0, 0.1) is 22.2 Å². The van der Waals surface area contributed by atoms with Crippen molar-refractivity contribution < 1.29 is 0 Å². The Morgan fingerprint density at radius 2 is 1.12 bits per heavy atom. The Morgan fingerprint density at radius 1 is 0.625 bits per heavy atom. The van der Waals surface area contributed by atoms with Gasteiger partial charge in [0.05, 0.1) is 0 Å². The lowest BCUT2D eigenvalue weighted by Gasteiger charge is -2.61. The molecule has 0 fully saturated rings. The van der Waals surface area contributed by atoms with E-state index >= 15 is 0 Å². The largest absolute Gasteiger partial charge is 0.102 e. The van der Waals surface area contributed by atoms with E-state index in [9.17, 15) is 0 Å². The summed E-state index contributed by atoms with van der Waals surface area (Å²) in [5.41, 5.74) is -0.00664. The van der Waals surface area contributed by atoms with E-state index in [4.69, 9.17) is 0 Å². The Morgan fingerprint density at radius 3 is 1.38 bits per heavy atom. The van der Waals surface area contributed by atoms with Crippen LogP contribution in [0.2, 0.25) is 0 Å². The molecule has 1 aliphatic rings. The van der Waals surface area contributed by atoms with Gasteiger partial charge in [-0.15, -0.1) is 46.1 Å². The quantitative estimate of drug-likeness (QED) is 0.423. The van der Waals surface area contributed by atoms with Crippen LogP contribution in [0.25, 0.3) is 0 Å². The maximum atomic E-state index is 4.12. The molecular weight excluding hydrogens is 288 g/mol. The molecule has 1 unspecified atom stereocenters. The number of rotatable bonds is 9. The zero-order chi connectivity index (χ0) is 18.6. The predicted octanol–water partition coefficient (Wildman–Crippen LogP) is 6.55. The van der Waals surface area contributed by atoms with Crippen LogP contribution in [0.3, 0.4) is 0 Å². The van der Waals surface area contributed by atoms with E-state index in [1.807, 2.05) is 54.7 Å². The molecule has 0 spiro atoms. The molecule has 1 rings (SSSR count). The lowest BCUT2D eigenvalue weighted by molar-refractivity contribution is 0.115. The predicted molar refractivity (Wildman–Crippen MR) is 110 cm³/mol. The molecular formula is C24H28. The van der Waals surface area contributed by atoms with Gasteiger partial charge in [0.25, 0.3) is 0 Å². The summed E-state index contributed by atoms with van der Waals surface area (Å²) in [5.74, 6) is -0.109. The van der Waals surface area contributed by atoms with Crippen molar-refractivity contribution in [3.8, 4) is 0 Å². The van der Waals surface area contributed by atoms with Crippen LogP contribution < -0.4 is 0 Å². The summed E-state index contributed by atoms with van der Waals surface area (Å²) >= 11 is 0. The van der Waals surface area contributed by atoms with Gasteiger partial charge in [-0.25, -0.2) is 0 Å². The van der Waals surface area contributed by atoms with Crippen molar-refractivity contribution in [1.29, 1.82) is 0 Å². The van der Waals surface area contributed by atoms with Gasteiger partial charge in [0.15, 0.2) is 0 Å². The van der Waals surface area contributed by atoms with E-state index in [1.54, 1.807) is 0 Å². The first-order chi connectivity index (χ1) is 11.5. The fraction of sp³-hybridized carbons (Fsp3) is 0.167. The topological polar surface area (TPSA) is 0 Å². The molecule has 0 aromatic carbocycles. The second-order valence-corrected chi connectivity index (χ2v) is 5.89. The number of hydrogen-bond donors (Lipinski definition) is 0. The summed E-state index contributed by atoms with van der Waals surface area (Å²) in [6.45, 7) is 36.7. The van der Waals surface area contributed by atoms with Gasteiger partial charge in [-0.05, 0) is 11.1 Å². The average molecular weight is 316 g/mol. The monoisotopic (exact) mass is 316 g/mol. The Labute approximate surface area is 147 Å². The molecule has 0 N–H and O–H groups in total. The van der Waals surface area contributed by atoms with Gasteiger partial charge in [-0.1, -0.05) is 67.8 Å². The third kappa shape index (κ3) is 1.86. The third-order valence-corrected chi connectivity index (χ3v) is 5.63. The van der Waals surface area contributed by atoms with Gasteiger partial charge in [-0.3, -0.25) is 0 Å². The summed E-state index contributed by atoms with van der Waals surface area (Å²) in [7, 11) is 0. The molecule has 0 radical (unpaired) electrons. The molecule has 0 aromatic heterocycles. The zero-order valence-corrected chi connectivity index (χ0v) is 14.6. The van der Waals surface area contributed by atoms with Gasteiger partial charge in [0.1, 0.15) is 0 Å². The van der Waals surface area contributed by atoms with E-state index in [1.165, 1.54) is 0 Å². The van der Waals surface area contributed by atoms with Crippen LogP contribution in [-0.2, 0) is 0 Å². The highest BCUT2D eigenvalue weighted by atomic mass is 14.6. The maximum Gasteiger partial charge on any atom is 0.0447 e. The second kappa shape index (κ2) is 6.88. The fourth-order valence-electron chi connectivity index (χ4n) is 4.44. The molecule has 0 heterocycles. The highest BCUT2D eigenvalue weighted by Gasteiger charge is 2.62. The van der Waals surface area contributed by atoms with Crippen molar-refractivity contribution in [3.05, 3.63) is 125 Å². The van der Waals surface area contributed by atoms with Crippen LogP contribution in [0.15, 0.2) is 125 Å². The molecule has 0 nitrogen and oxygen atoms in total. The molecule has 24 heavy (non-hydrogen) atoms. The fourth-order valence-corrected chi connectivity index (χ4v) is 4.44. The zero-order valence-electron chi connectivity index (χ0n) is 14.6. The van der Waals surface area contributed by atoms with Gasteiger partial charge < -0.3 is 0 Å². The SMILES string of the molecule is C=CC1=C(C=C)C(C=C)(C=C)C(C=C)(C=C)C(C=C)(C=C)C1C=C. The Hall–Kier alpha value is -2.60. The number of hydrogen-bond acceptors (Lipinski definition) is 0. The van der Waals surface area contributed by atoms with E-state index in [-0.39, 0.29) is 5.92 Å². The van der Waals surface area contributed by atoms with Crippen LogP contribution in [0.4, 0.5) is 0 Å². The number of allylic oxidation sites excluding steroid dienone is 11. The van der Waals surface area contributed by atoms with Gasteiger partial charge in [0, 0.05) is 22.2 Å². The molecule has 124 valence electrons. The molecule has 0 aromatic rings. The maximum absolute atomic E-state index is 4.12. The van der Waals surface area contributed by atoms with Crippen LogP contribution >= 0.6 is 0 Å². The third-order valence-electron chi connectivity index (χ3n) is 5.63. The van der Waals surface area contributed by atoms with Crippen molar-refractivity contribution in [3.63, 3.8) is 0 Å². The highest BCUT2D eigenvalue weighted by molar-refractivity contribution is 5.58. The second-order valence-electron chi connectivity index (χ2n) is 5.89. The average Bonchev–Trinajstić information content (AvgIpc) is 2.64. The molecule has 1 atom stereocenters. The lowest BCUT2D eigenvalue weighted by atomic mass is 9.40. The smallest absolute Gasteiger partial charge is 0.0447 e. The Bertz CT molecular complexity index is 638. The standard InChI is InChI=1S/C24H28/c1-10-19-20(11-2)22(13-4,14-5)24(17-8,18-9)23(15-6,16-7)21(19)12-3/h10-18,20H,1-9H2.